The quantitative estimate of drug-likeness (QED) is 0.899. The topological polar surface area (TPSA) is 59.0 Å². The molecular formula is C15H20N4O. The smallest absolute Gasteiger partial charge is 0.256 e. The van der Waals surface area contributed by atoms with Gasteiger partial charge < -0.3 is 10.6 Å². The minimum Gasteiger partial charge on any atom is -0.385 e. The zero-order chi connectivity index (χ0) is 14.7. The molecule has 0 fully saturated rings. The SMILES string of the molecule is CCNc1ccc(C(=O)Nc2cc(C)nn2C)cc1C. The van der Waals surface area contributed by atoms with Crippen LogP contribution >= 0.6 is 0 Å². The fraction of sp³-hybridized carbons (Fsp3) is 0.333. The maximum atomic E-state index is 12.2. The van der Waals surface area contributed by atoms with Crippen molar-refractivity contribution in [2.45, 2.75) is 20.8 Å². The summed E-state index contributed by atoms with van der Waals surface area (Å²) in [6.07, 6.45) is 0. The molecule has 2 N–H and O–H groups in total. The van der Waals surface area contributed by atoms with Crippen LogP contribution in [0.3, 0.4) is 0 Å². The second-order valence-corrected chi connectivity index (χ2v) is 4.81. The molecule has 5 heteroatoms. The molecule has 0 radical (unpaired) electrons. The number of aryl methyl sites for hydroxylation is 3. The molecule has 0 aliphatic carbocycles. The Morgan fingerprint density at radius 1 is 1.30 bits per heavy atom. The number of benzene rings is 1. The molecule has 5 nitrogen and oxygen atoms in total. The van der Waals surface area contributed by atoms with Gasteiger partial charge in [-0.1, -0.05) is 0 Å². The lowest BCUT2D eigenvalue weighted by atomic mass is 10.1. The number of anilines is 2. The first-order valence-electron chi connectivity index (χ1n) is 6.67. The van der Waals surface area contributed by atoms with E-state index in [4.69, 9.17) is 0 Å². The molecule has 1 aromatic heterocycles. The van der Waals surface area contributed by atoms with E-state index in [1.54, 1.807) is 4.68 Å². The molecule has 0 spiro atoms. The fourth-order valence-corrected chi connectivity index (χ4v) is 2.11. The molecular weight excluding hydrogens is 252 g/mol. The largest absolute Gasteiger partial charge is 0.385 e. The molecule has 2 rings (SSSR count). The van der Waals surface area contributed by atoms with Crippen LogP contribution in [-0.2, 0) is 7.05 Å². The van der Waals surface area contributed by atoms with E-state index in [0.717, 1.165) is 23.5 Å². The van der Waals surface area contributed by atoms with Gasteiger partial charge in [0, 0.05) is 30.9 Å². The lowest BCUT2D eigenvalue weighted by Gasteiger charge is -2.10. The minimum absolute atomic E-state index is 0.126. The number of aromatic nitrogens is 2. The van der Waals surface area contributed by atoms with Crippen LogP contribution in [0.2, 0.25) is 0 Å². The van der Waals surface area contributed by atoms with Crippen LogP contribution in [0.25, 0.3) is 0 Å². The maximum Gasteiger partial charge on any atom is 0.256 e. The first-order valence-corrected chi connectivity index (χ1v) is 6.67. The molecule has 0 atom stereocenters. The molecule has 1 aromatic carbocycles. The summed E-state index contributed by atoms with van der Waals surface area (Å²) >= 11 is 0. The van der Waals surface area contributed by atoms with Gasteiger partial charge in [0.25, 0.3) is 5.91 Å². The third-order valence-corrected chi connectivity index (χ3v) is 3.10. The van der Waals surface area contributed by atoms with Crippen molar-refractivity contribution in [3.05, 3.63) is 41.1 Å². The summed E-state index contributed by atoms with van der Waals surface area (Å²) in [5, 5.41) is 10.3. The van der Waals surface area contributed by atoms with Crippen molar-refractivity contribution in [3.63, 3.8) is 0 Å². The molecule has 2 aromatic rings. The third-order valence-electron chi connectivity index (χ3n) is 3.10. The average molecular weight is 272 g/mol. The van der Waals surface area contributed by atoms with E-state index < -0.39 is 0 Å². The predicted octanol–water partition coefficient (Wildman–Crippen LogP) is 2.72. The Labute approximate surface area is 119 Å². The summed E-state index contributed by atoms with van der Waals surface area (Å²) in [6.45, 7) is 6.79. The Morgan fingerprint density at radius 2 is 2.05 bits per heavy atom. The van der Waals surface area contributed by atoms with Crippen molar-refractivity contribution in [3.8, 4) is 0 Å². The van der Waals surface area contributed by atoms with Crippen LogP contribution in [0, 0.1) is 13.8 Å². The molecule has 0 unspecified atom stereocenters. The molecule has 0 saturated carbocycles. The number of hydrogen-bond donors (Lipinski definition) is 2. The zero-order valence-electron chi connectivity index (χ0n) is 12.3. The summed E-state index contributed by atoms with van der Waals surface area (Å²) in [6, 6.07) is 7.49. The van der Waals surface area contributed by atoms with Crippen molar-refractivity contribution in [2.75, 3.05) is 17.2 Å². The molecule has 20 heavy (non-hydrogen) atoms. The van der Waals surface area contributed by atoms with E-state index in [1.165, 1.54) is 0 Å². The van der Waals surface area contributed by atoms with E-state index in [9.17, 15) is 4.79 Å². The van der Waals surface area contributed by atoms with Gasteiger partial charge in [-0.05, 0) is 44.5 Å². The molecule has 0 saturated heterocycles. The highest BCUT2D eigenvalue weighted by atomic mass is 16.1. The molecule has 0 aliphatic rings. The van der Waals surface area contributed by atoms with Crippen LogP contribution in [-0.4, -0.2) is 22.2 Å². The number of rotatable bonds is 4. The highest BCUT2D eigenvalue weighted by Gasteiger charge is 2.10. The van der Waals surface area contributed by atoms with Gasteiger partial charge in [-0.2, -0.15) is 5.10 Å². The Balaban J connectivity index is 2.17. The Morgan fingerprint density at radius 3 is 2.60 bits per heavy atom. The van der Waals surface area contributed by atoms with Crippen LogP contribution in [0.1, 0.15) is 28.5 Å². The summed E-state index contributed by atoms with van der Waals surface area (Å²) in [7, 11) is 1.81. The van der Waals surface area contributed by atoms with Crippen molar-refractivity contribution in [2.24, 2.45) is 7.05 Å². The standard InChI is InChI=1S/C15H20N4O/c1-5-16-13-7-6-12(8-10(13)2)15(20)17-14-9-11(3)18-19(14)4/h6-9,16H,5H2,1-4H3,(H,17,20). The lowest BCUT2D eigenvalue weighted by molar-refractivity contribution is 0.102. The normalized spacial score (nSPS) is 10.4. The number of carbonyl (C=O) groups excluding carboxylic acids is 1. The zero-order valence-corrected chi connectivity index (χ0v) is 12.3. The van der Waals surface area contributed by atoms with Gasteiger partial charge in [0.15, 0.2) is 0 Å². The number of carbonyl (C=O) groups is 1. The van der Waals surface area contributed by atoms with Gasteiger partial charge in [-0.3, -0.25) is 9.48 Å². The van der Waals surface area contributed by atoms with E-state index in [2.05, 4.69) is 15.7 Å². The van der Waals surface area contributed by atoms with E-state index in [-0.39, 0.29) is 5.91 Å². The number of nitrogens with zero attached hydrogens (tertiary/aromatic N) is 2. The van der Waals surface area contributed by atoms with Gasteiger partial charge in [-0.25, -0.2) is 0 Å². The highest BCUT2D eigenvalue weighted by Crippen LogP contribution is 2.17. The number of hydrogen-bond acceptors (Lipinski definition) is 3. The summed E-state index contributed by atoms with van der Waals surface area (Å²) in [5.74, 6) is 0.570. The van der Waals surface area contributed by atoms with Crippen molar-refractivity contribution < 1.29 is 4.79 Å². The van der Waals surface area contributed by atoms with Gasteiger partial charge in [0.1, 0.15) is 5.82 Å². The van der Waals surface area contributed by atoms with Gasteiger partial charge in [0.05, 0.1) is 5.69 Å². The van der Waals surface area contributed by atoms with Gasteiger partial charge in [0.2, 0.25) is 0 Å². The van der Waals surface area contributed by atoms with E-state index >= 15 is 0 Å². The molecule has 1 amide bonds. The third kappa shape index (κ3) is 2.99. The lowest BCUT2D eigenvalue weighted by Crippen LogP contribution is -2.15. The monoisotopic (exact) mass is 272 g/mol. The van der Waals surface area contributed by atoms with Crippen molar-refractivity contribution in [1.29, 1.82) is 0 Å². The van der Waals surface area contributed by atoms with Crippen LogP contribution in [0.4, 0.5) is 11.5 Å². The Hall–Kier alpha value is -2.30. The summed E-state index contributed by atoms with van der Waals surface area (Å²) < 4.78 is 1.66. The summed E-state index contributed by atoms with van der Waals surface area (Å²) in [4.78, 5) is 12.2. The number of amides is 1. The first kappa shape index (κ1) is 14.1. The van der Waals surface area contributed by atoms with Crippen molar-refractivity contribution in [1.82, 2.24) is 9.78 Å². The van der Waals surface area contributed by atoms with E-state index in [0.29, 0.717) is 11.4 Å². The van der Waals surface area contributed by atoms with Gasteiger partial charge >= 0.3 is 0 Å². The van der Waals surface area contributed by atoms with E-state index in [1.807, 2.05) is 52.1 Å². The van der Waals surface area contributed by atoms with Crippen molar-refractivity contribution >= 4 is 17.4 Å². The minimum atomic E-state index is -0.126. The Kier molecular flexibility index (Phi) is 4.08. The molecule has 1 heterocycles. The summed E-state index contributed by atoms with van der Waals surface area (Å²) in [5.41, 5.74) is 3.63. The average Bonchev–Trinajstić information content (AvgIpc) is 2.70. The van der Waals surface area contributed by atoms with Crippen LogP contribution < -0.4 is 10.6 Å². The first-order chi connectivity index (χ1) is 9.51. The van der Waals surface area contributed by atoms with Crippen LogP contribution in [0.15, 0.2) is 24.3 Å². The molecule has 0 aliphatic heterocycles. The molecule has 106 valence electrons. The fourth-order valence-electron chi connectivity index (χ4n) is 2.11. The van der Waals surface area contributed by atoms with Gasteiger partial charge in [-0.15, -0.1) is 0 Å². The number of nitrogens with one attached hydrogen (secondary N) is 2. The maximum absolute atomic E-state index is 12.2. The highest BCUT2D eigenvalue weighted by molar-refractivity contribution is 6.04. The van der Waals surface area contributed by atoms with Crippen LogP contribution in [0.5, 0.6) is 0 Å². The predicted molar refractivity (Wildman–Crippen MR) is 81.2 cm³/mol. The second-order valence-electron chi connectivity index (χ2n) is 4.81. The second kappa shape index (κ2) is 5.77. The molecule has 0 bridgehead atoms. The Bertz CT molecular complexity index is 631.